The molecular formula is C14H12BrClN2O3. The van der Waals surface area contributed by atoms with Gasteiger partial charge in [0.2, 0.25) is 0 Å². The van der Waals surface area contributed by atoms with Crippen LogP contribution in [0.2, 0.25) is 5.02 Å². The Kier molecular flexibility index (Phi) is 5.03. The van der Waals surface area contributed by atoms with Crippen LogP contribution in [0.4, 0.5) is 11.4 Å². The molecule has 2 aromatic rings. The van der Waals surface area contributed by atoms with Crippen LogP contribution in [0, 0.1) is 10.1 Å². The number of methoxy groups -OCH3 is 1. The van der Waals surface area contributed by atoms with Gasteiger partial charge in [0, 0.05) is 27.7 Å². The van der Waals surface area contributed by atoms with Crippen LogP contribution in [0.5, 0.6) is 5.75 Å². The first-order chi connectivity index (χ1) is 10.0. The van der Waals surface area contributed by atoms with Gasteiger partial charge < -0.3 is 10.1 Å². The van der Waals surface area contributed by atoms with Crippen molar-refractivity contribution >= 4 is 38.9 Å². The molecule has 5 nitrogen and oxygen atoms in total. The second-order valence-electron chi connectivity index (χ2n) is 4.19. The predicted octanol–water partition coefficient (Wildman–Crippen LogP) is 4.63. The Morgan fingerprint density at radius 2 is 2.14 bits per heavy atom. The summed E-state index contributed by atoms with van der Waals surface area (Å²) in [6, 6.07) is 10.2. The monoisotopic (exact) mass is 370 g/mol. The molecule has 2 aromatic carbocycles. The minimum Gasteiger partial charge on any atom is -0.496 e. The summed E-state index contributed by atoms with van der Waals surface area (Å²) >= 11 is 9.36. The van der Waals surface area contributed by atoms with Gasteiger partial charge >= 0.3 is 0 Å². The third kappa shape index (κ3) is 3.65. The predicted molar refractivity (Wildman–Crippen MR) is 86.1 cm³/mol. The van der Waals surface area contributed by atoms with Crippen LogP contribution in [-0.2, 0) is 6.54 Å². The van der Waals surface area contributed by atoms with Crippen LogP contribution < -0.4 is 10.1 Å². The number of hydrogen-bond acceptors (Lipinski definition) is 4. The molecule has 0 heterocycles. The zero-order valence-electron chi connectivity index (χ0n) is 11.1. The second-order valence-corrected chi connectivity index (χ2v) is 5.52. The lowest BCUT2D eigenvalue weighted by atomic mass is 10.2. The maximum Gasteiger partial charge on any atom is 0.293 e. The average Bonchev–Trinajstić information content (AvgIpc) is 2.46. The quantitative estimate of drug-likeness (QED) is 0.614. The highest BCUT2D eigenvalue weighted by molar-refractivity contribution is 9.10. The SMILES string of the molecule is COc1cccc(Cl)c1CNc1ccc(Br)cc1[N+](=O)[O-]. The largest absolute Gasteiger partial charge is 0.496 e. The highest BCUT2D eigenvalue weighted by Gasteiger charge is 2.15. The maximum absolute atomic E-state index is 11.1. The Morgan fingerprint density at radius 3 is 2.81 bits per heavy atom. The van der Waals surface area contributed by atoms with Crippen LogP contribution in [0.15, 0.2) is 40.9 Å². The molecule has 0 saturated heterocycles. The topological polar surface area (TPSA) is 64.4 Å². The lowest BCUT2D eigenvalue weighted by molar-refractivity contribution is -0.384. The van der Waals surface area contributed by atoms with E-state index in [0.29, 0.717) is 27.5 Å². The smallest absolute Gasteiger partial charge is 0.293 e. The summed E-state index contributed by atoms with van der Waals surface area (Å²) in [4.78, 5) is 10.6. The molecule has 0 aliphatic carbocycles. The summed E-state index contributed by atoms with van der Waals surface area (Å²) in [6.07, 6.45) is 0. The molecule has 21 heavy (non-hydrogen) atoms. The fourth-order valence-electron chi connectivity index (χ4n) is 1.89. The van der Waals surface area contributed by atoms with Gasteiger partial charge in [-0.15, -0.1) is 0 Å². The van der Waals surface area contributed by atoms with Crippen LogP contribution >= 0.6 is 27.5 Å². The van der Waals surface area contributed by atoms with E-state index in [4.69, 9.17) is 16.3 Å². The molecule has 0 atom stereocenters. The van der Waals surface area contributed by atoms with Gasteiger partial charge in [0.25, 0.3) is 5.69 Å². The molecule has 0 aromatic heterocycles. The van der Waals surface area contributed by atoms with Crippen LogP contribution in [-0.4, -0.2) is 12.0 Å². The van der Waals surface area contributed by atoms with E-state index in [1.54, 1.807) is 37.4 Å². The van der Waals surface area contributed by atoms with E-state index in [2.05, 4.69) is 21.2 Å². The molecular weight excluding hydrogens is 360 g/mol. The summed E-state index contributed by atoms with van der Waals surface area (Å²) < 4.78 is 5.89. The van der Waals surface area contributed by atoms with Gasteiger partial charge in [-0.1, -0.05) is 33.6 Å². The molecule has 0 spiro atoms. The van der Waals surface area contributed by atoms with Crippen molar-refractivity contribution in [1.29, 1.82) is 0 Å². The van der Waals surface area contributed by atoms with Gasteiger partial charge in [-0.2, -0.15) is 0 Å². The Balaban J connectivity index is 2.27. The van der Waals surface area contributed by atoms with Gasteiger partial charge in [-0.3, -0.25) is 10.1 Å². The number of nitrogens with zero attached hydrogens (tertiary/aromatic N) is 1. The minimum atomic E-state index is -0.434. The first-order valence-corrected chi connectivity index (χ1v) is 7.19. The van der Waals surface area contributed by atoms with Gasteiger partial charge in [-0.05, 0) is 24.3 Å². The molecule has 0 fully saturated rings. The van der Waals surface area contributed by atoms with Crippen molar-refractivity contribution in [3.8, 4) is 5.75 Å². The van der Waals surface area contributed by atoms with E-state index >= 15 is 0 Å². The number of rotatable bonds is 5. The van der Waals surface area contributed by atoms with E-state index in [-0.39, 0.29) is 5.69 Å². The van der Waals surface area contributed by atoms with Gasteiger partial charge in [-0.25, -0.2) is 0 Å². The van der Waals surface area contributed by atoms with Crippen LogP contribution in [0.1, 0.15) is 5.56 Å². The van der Waals surface area contributed by atoms with Gasteiger partial charge in [0.15, 0.2) is 0 Å². The zero-order chi connectivity index (χ0) is 15.4. The molecule has 0 aliphatic rings. The lowest BCUT2D eigenvalue weighted by Crippen LogP contribution is -2.04. The normalized spacial score (nSPS) is 10.2. The Labute approximate surface area is 135 Å². The molecule has 0 unspecified atom stereocenters. The summed E-state index contributed by atoms with van der Waals surface area (Å²) in [5.74, 6) is 0.634. The molecule has 1 N–H and O–H groups in total. The molecule has 2 rings (SSSR count). The highest BCUT2D eigenvalue weighted by Crippen LogP contribution is 2.31. The van der Waals surface area contributed by atoms with Crippen LogP contribution in [0.3, 0.4) is 0 Å². The molecule has 0 radical (unpaired) electrons. The first kappa shape index (κ1) is 15.6. The zero-order valence-corrected chi connectivity index (χ0v) is 13.4. The van der Waals surface area contributed by atoms with Crippen molar-refractivity contribution in [2.45, 2.75) is 6.54 Å². The number of hydrogen-bond donors (Lipinski definition) is 1. The highest BCUT2D eigenvalue weighted by atomic mass is 79.9. The number of nitro groups is 1. The fraction of sp³-hybridized carbons (Fsp3) is 0.143. The van der Waals surface area contributed by atoms with E-state index < -0.39 is 4.92 Å². The van der Waals surface area contributed by atoms with E-state index in [9.17, 15) is 10.1 Å². The number of nitrogens with one attached hydrogen (secondary N) is 1. The number of nitro benzene ring substituents is 1. The molecule has 7 heteroatoms. The standard InChI is InChI=1S/C14H12BrClN2O3/c1-21-14-4-2-3-11(16)10(14)8-17-12-6-5-9(15)7-13(12)18(19)20/h2-7,17H,8H2,1H3. The number of anilines is 1. The Hall–Kier alpha value is -1.79. The van der Waals surface area contributed by atoms with Crippen LogP contribution in [0.25, 0.3) is 0 Å². The third-order valence-electron chi connectivity index (χ3n) is 2.91. The van der Waals surface area contributed by atoms with Crippen molar-refractivity contribution in [2.75, 3.05) is 12.4 Å². The number of ether oxygens (including phenoxy) is 1. The average molecular weight is 372 g/mol. The molecule has 0 saturated carbocycles. The minimum absolute atomic E-state index is 0.00426. The molecule has 110 valence electrons. The molecule has 0 aliphatic heterocycles. The van der Waals surface area contributed by atoms with Gasteiger partial charge in [0.1, 0.15) is 11.4 Å². The third-order valence-corrected chi connectivity index (χ3v) is 3.76. The molecule has 0 bridgehead atoms. The Bertz CT molecular complexity index is 679. The first-order valence-electron chi connectivity index (χ1n) is 6.02. The second kappa shape index (κ2) is 6.78. The maximum atomic E-state index is 11.1. The summed E-state index contributed by atoms with van der Waals surface area (Å²) in [7, 11) is 1.55. The number of halogens is 2. The van der Waals surface area contributed by atoms with Crippen molar-refractivity contribution in [3.05, 3.63) is 61.6 Å². The lowest BCUT2D eigenvalue weighted by Gasteiger charge is -2.12. The van der Waals surface area contributed by atoms with E-state index in [0.717, 1.165) is 5.56 Å². The van der Waals surface area contributed by atoms with Crippen molar-refractivity contribution in [1.82, 2.24) is 0 Å². The van der Waals surface area contributed by atoms with Crippen molar-refractivity contribution in [2.24, 2.45) is 0 Å². The van der Waals surface area contributed by atoms with E-state index in [1.165, 1.54) is 6.07 Å². The van der Waals surface area contributed by atoms with E-state index in [1.807, 2.05) is 0 Å². The summed E-state index contributed by atoms with van der Waals surface area (Å²) in [6.45, 7) is 0.325. The summed E-state index contributed by atoms with van der Waals surface area (Å²) in [5.41, 5.74) is 1.17. The molecule has 0 amide bonds. The van der Waals surface area contributed by atoms with Crippen molar-refractivity contribution in [3.63, 3.8) is 0 Å². The van der Waals surface area contributed by atoms with Gasteiger partial charge in [0.05, 0.1) is 12.0 Å². The number of benzene rings is 2. The summed E-state index contributed by atoms with van der Waals surface area (Å²) in [5, 5.41) is 14.6. The Morgan fingerprint density at radius 1 is 1.38 bits per heavy atom. The fourth-order valence-corrected chi connectivity index (χ4v) is 2.47. The van der Waals surface area contributed by atoms with Crippen molar-refractivity contribution < 1.29 is 9.66 Å².